The number of aromatic nitrogens is 4. The van der Waals surface area contributed by atoms with Crippen molar-refractivity contribution in [3.63, 3.8) is 0 Å². The minimum atomic E-state index is -0.912. The van der Waals surface area contributed by atoms with Gasteiger partial charge in [-0.3, -0.25) is 5.10 Å². The fourth-order valence-corrected chi connectivity index (χ4v) is 2.39. The van der Waals surface area contributed by atoms with Gasteiger partial charge in [0.2, 0.25) is 0 Å². The number of nitrogens with zero attached hydrogens (tertiary/aromatic N) is 3. The van der Waals surface area contributed by atoms with Gasteiger partial charge in [-0.2, -0.15) is 10.1 Å². The quantitative estimate of drug-likeness (QED) is 0.551. The minimum absolute atomic E-state index is 0.0933. The van der Waals surface area contributed by atoms with E-state index in [0.717, 1.165) is 24.3 Å². The van der Waals surface area contributed by atoms with Crippen molar-refractivity contribution in [1.29, 1.82) is 0 Å². The van der Waals surface area contributed by atoms with E-state index in [2.05, 4.69) is 20.2 Å². The van der Waals surface area contributed by atoms with E-state index >= 15 is 0 Å². The molecular formula is C17H8F4N4O. The number of halogens is 4. The summed E-state index contributed by atoms with van der Waals surface area (Å²) in [4.78, 5) is 7.92. The van der Waals surface area contributed by atoms with E-state index in [0.29, 0.717) is 11.5 Å². The highest BCUT2D eigenvalue weighted by Crippen LogP contribution is 2.29. The van der Waals surface area contributed by atoms with Gasteiger partial charge in [0.25, 0.3) is 0 Å². The molecule has 2 aromatic carbocycles. The molecule has 0 unspecified atom stereocenters. The second-order valence-corrected chi connectivity index (χ2v) is 5.29. The zero-order valence-corrected chi connectivity index (χ0v) is 12.8. The number of aromatic amines is 1. The third kappa shape index (κ3) is 2.83. The second kappa shape index (κ2) is 6.10. The summed E-state index contributed by atoms with van der Waals surface area (Å²) in [6.07, 6.45) is 1.31. The molecule has 0 bridgehead atoms. The van der Waals surface area contributed by atoms with E-state index < -0.39 is 23.3 Å². The van der Waals surface area contributed by atoms with Gasteiger partial charge in [0, 0.05) is 23.9 Å². The Hall–Kier alpha value is -3.49. The van der Waals surface area contributed by atoms with Crippen molar-refractivity contribution in [1.82, 2.24) is 20.2 Å². The van der Waals surface area contributed by atoms with E-state index in [4.69, 9.17) is 4.74 Å². The fraction of sp³-hybridized carbons (Fsp3) is 0. The molecule has 0 saturated heterocycles. The first-order chi connectivity index (χ1) is 12.5. The number of hydrogen-bond acceptors (Lipinski definition) is 4. The fourth-order valence-electron chi connectivity index (χ4n) is 2.39. The molecule has 9 heteroatoms. The maximum absolute atomic E-state index is 14.0. The molecule has 5 nitrogen and oxygen atoms in total. The lowest BCUT2D eigenvalue weighted by Crippen LogP contribution is -1.95. The summed E-state index contributed by atoms with van der Waals surface area (Å²) in [6.45, 7) is 0. The Morgan fingerprint density at radius 2 is 1.62 bits per heavy atom. The third-order valence-corrected chi connectivity index (χ3v) is 3.59. The van der Waals surface area contributed by atoms with Crippen LogP contribution in [-0.2, 0) is 0 Å². The summed E-state index contributed by atoms with van der Waals surface area (Å²) in [7, 11) is 0. The lowest BCUT2D eigenvalue weighted by atomic mass is 10.1. The molecule has 0 aliphatic rings. The first-order valence-electron chi connectivity index (χ1n) is 7.31. The van der Waals surface area contributed by atoms with Crippen LogP contribution in [0.25, 0.3) is 22.3 Å². The number of ether oxygens (including phenoxy) is 1. The zero-order valence-electron chi connectivity index (χ0n) is 12.8. The van der Waals surface area contributed by atoms with Gasteiger partial charge in [0.1, 0.15) is 17.5 Å². The Labute approximate surface area is 143 Å². The van der Waals surface area contributed by atoms with Crippen LogP contribution in [-0.4, -0.2) is 20.2 Å². The van der Waals surface area contributed by atoms with Crippen molar-refractivity contribution in [3.05, 3.63) is 65.9 Å². The van der Waals surface area contributed by atoms with E-state index in [-0.39, 0.29) is 28.7 Å². The van der Waals surface area contributed by atoms with Gasteiger partial charge in [-0.1, -0.05) is 0 Å². The van der Waals surface area contributed by atoms with E-state index in [1.165, 1.54) is 12.3 Å². The van der Waals surface area contributed by atoms with Gasteiger partial charge in [-0.05, 0) is 24.3 Å². The average molecular weight is 360 g/mol. The average Bonchev–Trinajstić information content (AvgIpc) is 3.00. The van der Waals surface area contributed by atoms with Crippen LogP contribution < -0.4 is 4.74 Å². The molecular weight excluding hydrogens is 352 g/mol. The highest BCUT2D eigenvalue weighted by atomic mass is 19.1. The standard InChI is InChI=1S/C17H8F4N4O/c18-8-1-3-10(12(20)5-8)15-11-7-22-17(23-16(11)25-24-15)26-14-4-2-9(19)6-13(14)21/h1-7H,(H,22,23,24,25). The predicted molar refractivity (Wildman–Crippen MR) is 83.5 cm³/mol. The van der Waals surface area contributed by atoms with Crippen LogP contribution >= 0.6 is 0 Å². The van der Waals surface area contributed by atoms with E-state index in [1.807, 2.05) is 0 Å². The minimum Gasteiger partial charge on any atom is -0.421 e. The largest absolute Gasteiger partial charge is 0.421 e. The molecule has 0 saturated carbocycles. The Bertz CT molecular complexity index is 1130. The molecule has 4 rings (SSSR count). The van der Waals surface area contributed by atoms with Crippen molar-refractivity contribution in [2.24, 2.45) is 0 Å². The van der Waals surface area contributed by atoms with Gasteiger partial charge in [0.05, 0.1) is 11.1 Å². The van der Waals surface area contributed by atoms with Crippen LogP contribution in [0.1, 0.15) is 0 Å². The summed E-state index contributed by atoms with van der Waals surface area (Å²) in [6, 6.07) is 5.69. The van der Waals surface area contributed by atoms with Crippen molar-refractivity contribution >= 4 is 11.0 Å². The first kappa shape index (κ1) is 16.0. The lowest BCUT2D eigenvalue weighted by molar-refractivity contribution is 0.409. The molecule has 2 heterocycles. The summed E-state index contributed by atoms with van der Waals surface area (Å²) in [5.41, 5.74) is 0.490. The summed E-state index contributed by atoms with van der Waals surface area (Å²) in [5.74, 6) is -3.40. The van der Waals surface area contributed by atoms with E-state index in [9.17, 15) is 17.6 Å². The molecule has 2 aromatic heterocycles. The number of nitrogens with one attached hydrogen (secondary N) is 1. The predicted octanol–water partition coefficient (Wildman–Crippen LogP) is 4.37. The number of fused-ring (bicyclic) bond motifs is 1. The number of H-pyrrole nitrogens is 1. The van der Waals surface area contributed by atoms with Crippen molar-refractivity contribution in [3.8, 4) is 23.0 Å². The Balaban J connectivity index is 1.71. The summed E-state index contributed by atoms with van der Waals surface area (Å²) >= 11 is 0. The van der Waals surface area contributed by atoms with Crippen LogP contribution in [0.2, 0.25) is 0 Å². The van der Waals surface area contributed by atoms with Gasteiger partial charge in [0.15, 0.2) is 17.2 Å². The monoisotopic (exact) mass is 360 g/mol. The van der Waals surface area contributed by atoms with Gasteiger partial charge < -0.3 is 4.74 Å². The molecule has 0 aliphatic carbocycles. The third-order valence-electron chi connectivity index (χ3n) is 3.59. The van der Waals surface area contributed by atoms with Crippen molar-refractivity contribution < 1.29 is 22.3 Å². The van der Waals surface area contributed by atoms with Gasteiger partial charge >= 0.3 is 6.01 Å². The first-order valence-corrected chi connectivity index (χ1v) is 7.31. The Morgan fingerprint density at radius 1 is 0.885 bits per heavy atom. The van der Waals surface area contributed by atoms with Crippen LogP contribution in [0.4, 0.5) is 17.6 Å². The molecule has 4 aromatic rings. The number of hydrogen-bond donors (Lipinski definition) is 1. The molecule has 1 N–H and O–H groups in total. The summed E-state index contributed by atoms with van der Waals surface area (Å²) in [5, 5.41) is 6.90. The second-order valence-electron chi connectivity index (χ2n) is 5.29. The highest BCUT2D eigenvalue weighted by Gasteiger charge is 2.16. The van der Waals surface area contributed by atoms with Crippen LogP contribution in [0, 0.1) is 23.3 Å². The Kier molecular flexibility index (Phi) is 3.76. The topological polar surface area (TPSA) is 63.7 Å². The molecule has 26 heavy (non-hydrogen) atoms. The van der Waals surface area contributed by atoms with Crippen LogP contribution in [0.5, 0.6) is 11.8 Å². The van der Waals surface area contributed by atoms with Crippen LogP contribution in [0.3, 0.4) is 0 Å². The highest BCUT2D eigenvalue weighted by molar-refractivity contribution is 5.90. The molecule has 0 radical (unpaired) electrons. The SMILES string of the molecule is Fc1ccc(Oc2ncc3c(-c4ccc(F)cc4F)[nH]nc3n2)c(F)c1. The molecule has 0 atom stereocenters. The molecule has 0 fully saturated rings. The molecule has 0 aliphatic heterocycles. The molecule has 0 spiro atoms. The molecule has 130 valence electrons. The summed E-state index contributed by atoms with van der Waals surface area (Å²) < 4.78 is 58.8. The van der Waals surface area contributed by atoms with Crippen molar-refractivity contribution in [2.45, 2.75) is 0 Å². The van der Waals surface area contributed by atoms with Gasteiger partial charge in [-0.15, -0.1) is 0 Å². The zero-order chi connectivity index (χ0) is 18.3. The number of benzene rings is 2. The lowest BCUT2D eigenvalue weighted by Gasteiger charge is -2.05. The van der Waals surface area contributed by atoms with E-state index in [1.54, 1.807) is 0 Å². The maximum atomic E-state index is 14.0. The van der Waals surface area contributed by atoms with Crippen molar-refractivity contribution in [2.75, 3.05) is 0 Å². The van der Waals surface area contributed by atoms with Crippen LogP contribution in [0.15, 0.2) is 42.6 Å². The smallest absolute Gasteiger partial charge is 0.324 e. The Morgan fingerprint density at radius 3 is 2.35 bits per heavy atom. The normalized spacial score (nSPS) is 11.1. The number of rotatable bonds is 3. The van der Waals surface area contributed by atoms with Gasteiger partial charge in [-0.25, -0.2) is 22.5 Å². The molecule has 0 amide bonds. The maximum Gasteiger partial charge on any atom is 0.324 e.